The summed E-state index contributed by atoms with van der Waals surface area (Å²) in [7, 11) is 0. The summed E-state index contributed by atoms with van der Waals surface area (Å²) in [6.07, 6.45) is 3.52. The summed E-state index contributed by atoms with van der Waals surface area (Å²) >= 11 is 0. The van der Waals surface area contributed by atoms with Crippen LogP contribution in [0, 0.1) is 5.82 Å². The van der Waals surface area contributed by atoms with Gasteiger partial charge in [-0.25, -0.2) is 4.39 Å². The van der Waals surface area contributed by atoms with Crippen LogP contribution >= 0.6 is 0 Å². The summed E-state index contributed by atoms with van der Waals surface area (Å²) in [5.41, 5.74) is 2.96. The molecule has 1 saturated heterocycles. The number of likely N-dealkylation sites (tertiary alicyclic amines) is 1. The van der Waals surface area contributed by atoms with Gasteiger partial charge < -0.3 is 5.32 Å². The number of nitrogens with one attached hydrogen (secondary N) is 1. The number of nitrogens with zero attached hydrogens (tertiary/aromatic N) is 1. The molecule has 2 aromatic rings. The fourth-order valence-electron chi connectivity index (χ4n) is 4.34. The molecule has 2 aliphatic rings. The highest BCUT2D eigenvalue weighted by molar-refractivity contribution is 6.02. The van der Waals surface area contributed by atoms with E-state index in [2.05, 4.69) is 17.1 Å². The minimum atomic E-state index is -0.190. The lowest BCUT2D eigenvalue weighted by Gasteiger charge is -2.44. The van der Waals surface area contributed by atoms with E-state index >= 15 is 0 Å². The molecule has 1 atom stereocenters. The van der Waals surface area contributed by atoms with Gasteiger partial charge in [-0.05, 0) is 56.0 Å². The summed E-state index contributed by atoms with van der Waals surface area (Å²) in [6, 6.07) is 15.0. The molecule has 0 aliphatic carbocycles. The SMILES string of the molecule is CC(c1ccc(F)cc1)N1CCC2(CCC(=O)c3ccccc3N2)CC1. The van der Waals surface area contributed by atoms with Crippen molar-refractivity contribution in [3.8, 4) is 0 Å². The molecular formula is C22H25FN2O. The molecule has 1 spiro atoms. The zero-order chi connectivity index (χ0) is 18.1. The Hall–Kier alpha value is -2.20. The fraction of sp³-hybridized carbons (Fsp3) is 0.409. The number of para-hydroxylation sites is 1. The number of hydrogen-bond donors (Lipinski definition) is 1. The van der Waals surface area contributed by atoms with Gasteiger partial charge in [-0.2, -0.15) is 0 Å². The van der Waals surface area contributed by atoms with Gasteiger partial charge in [-0.15, -0.1) is 0 Å². The van der Waals surface area contributed by atoms with E-state index in [0.29, 0.717) is 6.42 Å². The molecule has 0 radical (unpaired) electrons. The summed E-state index contributed by atoms with van der Waals surface area (Å²) in [4.78, 5) is 14.9. The Morgan fingerprint density at radius 1 is 1.04 bits per heavy atom. The Labute approximate surface area is 154 Å². The van der Waals surface area contributed by atoms with E-state index in [0.717, 1.165) is 49.2 Å². The minimum Gasteiger partial charge on any atom is -0.379 e. The number of carbonyl (C=O) groups is 1. The Kier molecular flexibility index (Phi) is 4.53. The molecule has 2 aromatic carbocycles. The zero-order valence-corrected chi connectivity index (χ0v) is 15.2. The highest BCUT2D eigenvalue weighted by Gasteiger charge is 2.38. The highest BCUT2D eigenvalue weighted by atomic mass is 19.1. The van der Waals surface area contributed by atoms with Crippen LogP contribution in [0.4, 0.5) is 10.1 Å². The van der Waals surface area contributed by atoms with Crippen molar-refractivity contribution in [2.45, 2.75) is 44.2 Å². The monoisotopic (exact) mass is 352 g/mol. The maximum atomic E-state index is 13.2. The van der Waals surface area contributed by atoms with Crippen LogP contribution in [-0.2, 0) is 0 Å². The lowest BCUT2D eigenvalue weighted by atomic mass is 9.82. The first-order valence-electron chi connectivity index (χ1n) is 9.46. The molecule has 0 amide bonds. The molecule has 0 saturated carbocycles. The number of ketones is 1. The topological polar surface area (TPSA) is 32.3 Å². The lowest BCUT2D eigenvalue weighted by molar-refractivity contribution is 0.0953. The standard InChI is InChI=1S/C22H25FN2O/c1-16(17-6-8-18(23)9-7-17)25-14-12-22(13-15-25)11-10-21(26)19-4-2-3-5-20(19)24-22/h2-9,16,24H,10-15H2,1H3. The first-order valence-corrected chi connectivity index (χ1v) is 9.46. The molecule has 1 unspecified atom stereocenters. The Morgan fingerprint density at radius 3 is 2.46 bits per heavy atom. The predicted molar refractivity (Wildman–Crippen MR) is 102 cm³/mol. The average Bonchev–Trinajstić information content (AvgIpc) is 2.80. The number of hydrogen-bond acceptors (Lipinski definition) is 3. The first kappa shape index (κ1) is 17.2. The molecule has 1 fully saturated rings. The number of halogens is 1. The minimum absolute atomic E-state index is 0.00127. The van der Waals surface area contributed by atoms with Gasteiger partial charge >= 0.3 is 0 Å². The van der Waals surface area contributed by atoms with Crippen molar-refractivity contribution in [2.75, 3.05) is 18.4 Å². The average molecular weight is 352 g/mol. The quantitative estimate of drug-likeness (QED) is 0.842. The molecule has 2 aliphatic heterocycles. The molecule has 4 heteroatoms. The Morgan fingerprint density at radius 2 is 1.73 bits per heavy atom. The van der Waals surface area contributed by atoms with Crippen LogP contribution in [0.1, 0.15) is 54.6 Å². The molecule has 26 heavy (non-hydrogen) atoms. The number of carbonyl (C=O) groups excluding carboxylic acids is 1. The van der Waals surface area contributed by atoms with E-state index in [-0.39, 0.29) is 23.2 Å². The lowest BCUT2D eigenvalue weighted by Crippen LogP contribution is -2.49. The number of anilines is 1. The zero-order valence-electron chi connectivity index (χ0n) is 15.2. The number of rotatable bonds is 2. The van der Waals surface area contributed by atoms with Gasteiger partial charge in [0.2, 0.25) is 0 Å². The van der Waals surface area contributed by atoms with Crippen LogP contribution < -0.4 is 5.32 Å². The van der Waals surface area contributed by atoms with Gasteiger partial charge in [0.05, 0.1) is 0 Å². The van der Waals surface area contributed by atoms with Gasteiger partial charge in [0.25, 0.3) is 0 Å². The normalized spacial score (nSPS) is 20.9. The van der Waals surface area contributed by atoms with Crippen LogP contribution in [0.15, 0.2) is 48.5 Å². The van der Waals surface area contributed by atoms with Crippen LogP contribution in [-0.4, -0.2) is 29.3 Å². The molecule has 0 bridgehead atoms. The Balaban J connectivity index is 1.47. The van der Waals surface area contributed by atoms with Crippen molar-refractivity contribution in [2.24, 2.45) is 0 Å². The molecule has 3 nitrogen and oxygen atoms in total. The molecule has 136 valence electrons. The van der Waals surface area contributed by atoms with Gasteiger partial charge in [0.15, 0.2) is 5.78 Å². The number of piperidine rings is 1. The van der Waals surface area contributed by atoms with E-state index in [1.54, 1.807) is 0 Å². The molecular weight excluding hydrogens is 327 g/mol. The largest absolute Gasteiger partial charge is 0.379 e. The maximum absolute atomic E-state index is 13.2. The summed E-state index contributed by atoms with van der Waals surface area (Å²) < 4.78 is 13.2. The van der Waals surface area contributed by atoms with E-state index in [9.17, 15) is 9.18 Å². The third kappa shape index (κ3) is 3.26. The number of benzene rings is 2. The molecule has 0 aromatic heterocycles. The van der Waals surface area contributed by atoms with Crippen molar-refractivity contribution >= 4 is 11.5 Å². The van der Waals surface area contributed by atoms with E-state index in [4.69, 9.17) is 0 Å². The molecule has 4 rings (SSSR count). The van der Waals surface area contributed by atoms with Gasteiger partial charge in [-0.3, -0.25) is 9.69 Å². The number of Topliss-reactive ketones (excluding diaryl/α,β-unsaturated/α-hetero) is 1. The van der Waals surface area contributed by atoms with Crippen LogP contribution in [0.2, 0.25) is 0 Å². The fourth-order valence-corrected chi connectivity index (χ4v) is 4.34. The summed E-state index contributed by atoms with van der Waals surface area (Å²) in [6.45, 7) is 4.13. The first-order chi connectivity index (χ1) is 12.6. The van der Waals surface area contributed by atoms with Crippen LogP contribution in [0.3, 0.4) is 0 Å². The molecule has 2 heterocycles. The highest BCUT2D eigenvalue weighted by Crippen LogP contribution is 2.38. The Bertz CT molecular complexity index is 794. The summed E-state index contributed by atoms with van der Waals surface area (Å²) in [5.74, 6) is 0.0524. The van der Waals surface area contributed by atoms with Crippen LogP contribution in [0.5, 0.6) is 0 Å². The van der Waals surface area contributed by atoms with Crippen molar-refractivity contribution in [1.29, 1.82) is 0 Å². The predicted octanol–water partition coefficient (Wildman–Crippen LogP) is 4.81. The van der Waals surface area contributed by atoms with E-state index in [1.807, 2.05) is 36.4 Å². The second-order valence-electron chi connectivity index (χ2n) is 7.64. The van der Waals surface area contributed by atoms with Crippen molar-refractivity contribution < 1.29 is 9.18 Å². The van der Waals surface area contributed by atoms with Crippen molar-refractivity contribution in [3.05, 3.63) is 65.5 Å². The third-order valence-corrected chi connectivity index (χ3v) is 6.11. The van der Waals surface area contributed by atoms with Gasteiger partial charge in [0, 0.05) is 42.3 Å². The summed E-state index contributed by atoms with van der Waals surface area (Å²) in [5, 5.41) is 3.71. The van der Waals surface area contributed by atoms with Crippen molar-refractivity contribution in [1.82, 2.24) is 4.90 Å². The maximum Gasteiger partial charge on any atom is 0.165 e. The molecule has 1 N–H and O–H groups in total. The van der Waals surface area contributed by atoms with E-state index in [1.165, 1.54) is 12.1 Å². The second kappa shape index (κ2) is 6.84. The van der Waals surface area contributed by atoms with Gasteiger partial charge in [0.1, 0.15) is 5.82 Å². The number of fused-ring (bicyclic) bond motifs is 1. The third-order valence-electron chi connectivity index (χ3n) is 6.11. The second-order valence-corrected chi connectivity index (χ2v) is 7.64. The van der Waals surface area contributed by atoms with E-state index < -0.39 is 0 Å². The van der Waals surface area contributed by atoms with Gasteiger partial charge in [-0.1, -0.05) is 24.3 Å². The smallest absolute Gasteiger partial charge is 0.165 e. The van der Waals surface area contributed by atoms with Crippen molar-refractivity contribution in [3.63, 3.8) is 0 Å². The van der Waals surface area contributed by atoms with Crippen LogP contribution in [0.25, 0.3) is 0 Å².